The molecular weight excluding hydrogens is 222 g/mol. The number of hydrogen-bond donors (Lipinski definition) is 2. The van der Waals surface area contributed by atoms with Gasteiger partial charge in [0, 0.05) is 18.5 Å². The van der Waals surface area contributed by atoms with E-state index in [4.69, 9.17) is 5.26 Å². The second kappa shape index (κ2) is 5.73. The standard InChI is InChI=1S/C11H15N3OS/c1-11(15,8-16-2)7-14-9-4-3-5-13-10(9)6-12/h3-5,14-15H,7-8H2,1-2H3. The molecule has 5 heteroatoms. The van der Waals surface area contributed by atoms with E-state index in [9.17, 15) is 5.11 Å². The number of aliphatic hydroxyl groups is 1. The van der Waals surface area contributed by atoms with Crippen molar-refractivity contribution in [2.45, 2.75) is 12.5 Å². The van der Waals surface area contributed by atoms with Gasteiger partial charge in [-0.25, -0.2) is 4.98 Å². The Morgan fingerprint density at radius 2 is 2.44 bits per heavy atom. The first-order chi connectivity index (χ1) is 7.59. The molecule has 86 valence electrons. The zero-order chi connectivity index (χ0) is 12.0. The van der Waals surface area contributed by atoms with Gasteiger partial charge in [-0.3, -0.25) is 0 Å². The lowest BCUT2D eigenvalue weighted by Gasteiger charge is -2.23. The molecule has 0 bridgehead atoms. The SMILES string of the molecule is CSCC(C)(O)CNc1cccnc1C#N. The third kappa shape index (κ3) is 3.72. The summed E-state index contributed by atoms with van der Waals surface area (Å²) in [5.41, 5.74) is 0.218. The summed E-state index contributed by atoms with van der Waals surface area (Å²) < 4.78 is 0. The molecule has 1 atom stereocenters. The van der Waals surface area contributed by atoms with E-state index >= 15 is 0 Å². The van der Waals surface area contributed by atoms with E-state index in [1.54, 1.807) is 37.0 Å². The summed E-state index contributed by atoms with van der Waals surface area (Å²) >= 11 is 1.58. The highest BCUT2D eigenvalue weighted by atomic mass is 32.2. The lowest BCUT2D eigenvalue weighted by molar-refractivity contribution is 0.0997. The predicted molar refractivity (Wildman–Crippen MR) is 66.4 cm³/mol. The number of aromatic nitrogens is 1. The highest BCUT2D eigenvalue weighted by molar-refractivity contribution is 7.98. The first kappa shape index (κ1) is 12.8. The van der Waals surface area contributed by atoms with Crippen molar-refractivity contribution in [1.82, 2.24) is 4.98 Å². The number of hydrogen-bond acceptors (Lipinski definition) is 5. The van der Waals surface area contributed by atoms with Gasteiger partial charge in [-0.1, -0.05) is 0 Å². The highest BCUT2D eigenvalue weighted by Gasteiger charge is 2.19. The van der Waals surface area contributed by atoms with E-state index in [0.29, 0.717) is 23.7 Å². The smallest absolute Gasteiger partial charge is 0.163 e. The van der Waals surface area contributed by atoms with Crippen molar-refractivity contribution in [1.29, 1.82) is 5.26 Å². The number of pyridine rings is 1. The first-order valence-corrected chi connectivity index (χ1v) is 6.29. The summed E-state index contributed by atoms with van der Waals surface area (Å²) in [7, 11) is 0. The minimum absolute atomic E-state index is 0.349. The third-order valence-electron chi connectivity index (χ3n) is 2.03. The van der Waals surface area contributed by atoms with Gasteiger partial charge < -0.3 is 10.4 Å². The zero-order valence-electron chi connectivity index (χ0n) is 9.40. The fraction of sp³-hybridized carbons (Fsp3) is 0.455. The summed E-state index contributed by atoms with van der Waals surface area (Å²) in [5.74, 6) is 0.641. The third-order valence-corrected chi connectivity index (χ3v) is 2.94. The van der Waals surface area contributed by atoms with Crippen molar-refractivity contribution in [2.75, 3.05) is 23.9 Å². The van der Waals surface area contributed by atoms with Gasteiger partial charge in [0.2, 0.25) is 0 Å². The Balaban J connectivity index is 2.65. The van der Waals surface area contributed by atoms with Gasteiger partial charge in [-0.2, -0.15) is 17.0 Å². The maximum absolute atomic E-state index is 9.95. The van der Waals surface area contributed by atoms with Crippen LogP contribution in [-0.4, -0.2) is 34.2 Å². The van der Waals surface area contributed by atoms with Crippen molar-refractivity contribution in [3.05, 3.63) is 24.0 Å². The molecular formula is C11H15N3OS. The van der Waals surface area contributed by atoms with Crippen LogP contribution in [0.2, 0.25) is 0 Å². The van der Waals surface area contributed by atoms with E-state index in [1.165, 1.54) is 0 Å². The number of anilines is 1. The molecule has 2 N–H and O–H groups in total. The highest BCUT2D eigenvalue weighted by Crippen LogP contribution is 2.15. The molecule has 0 aliphatic carbocycles. The maximum Gasteiger partial charge on any atom is 0.163 e. The Labute approximate surface area is 99.7 Å². The Morgan fingerprint density at radius 1 is 1.69 bits per heavy atom. The minimum atomic E-state index is -0.790. The summed E-state index contributed by atoms with van der Waals surface area (Å²) in [6.07, 6.45) is 3.52. The van der Waals surface area contributed by atoms with Crippen LogP contribution in [0, 0.1) is 11.3 Å². The Hall–Kier alpha value is -1.25. The number of nitrogens with zero attached hydrogens (tertiary/aromatic N) is 2. The van der Waals surface area contributed by atoms with Gasteiger partial charge in [-0.05, 0) is 25.3 Å². The topological polar surface area (TPSA) is 68.9 Å². The average Bonchev–Trinajstić information content (AvgIpc) is 2.27. The van der Waals surface area contributed by atoms with E-state index in [0.717, 1.165) is 0 Å². The van der Waals surface area contributed by atoms with Crippen LogP contribution in [0.5, 0.6) is 0 Å². The fourth-order valence-electron chi connectivity index (χ4n) is 1.28. The number of nitrogens with one attached hydrogen (secondary N) is 1. The molecule has 1 unspecified atom stereocenters. The number of thioether (sulfide) groups is 1. The van der Waals surface area contributed by atoms with Crippen LogP contribution in [-0.2, 0) is 0 Å². The molecule has 0 fully saturated rings. The Morgan fingerprint density at radius 3 is 3.06 bits per heavy atom. The van der Waals surface area contributed by atoms with Gasteiger partial charge in [-0.15, -0.1) is 0 Å². The summed E-state index contributed by atoms with van der Waals surface area (Å²) in [6.45, 7) is 2.16. The molecule has 0 aliphatic rings. The van der Waals surface area contributed by atoms with E-state index in [-0.39, 0.29) is 0 Å². The summed E-state index contributed by atoms with van der Waals surface area (Å²) in [4.78, 5) is 3.93. The molecule has 1 aromatic rings. The van der Waals surface area contributed by atoms with Crippen molar-refractivity contribution >= 4 is 17.4 Å². The van der Waals surface area contributed by atoms with E-state index < -0.39 is 5.60 Å². The van der Waals surface area contributed by atoms with Crippen molar-refractivity contribution < 1.29 is 5.11 Å². The molecule has 0 saturated carbocycles. The lowest BCUT2D eigenvalue weighted by Crippen LogP contribution is -2.36. The summed E-state index contributed by atoms with van der Waals surface area (Å²) in [6, 6.07) is 5.54. The van der Waals surface area contributed by atoms with Crippen LogP contribution in [0.15, 0.2) is 18.3 Å². The zero-order valence-corrected chi connectivity index (χ0v) is 10.2. The van der Waals surface area contributed by atoms with Crippen LogP contribution in [0.3, 0.4) is 0 Å². The molecule has 1 aromatic heterocycles. The molecule has 0 aromatic carbocycles. The Bertz CT molecular complexity index is 387. The van der Waals surface area contributed by atoms with Gasteiger partial charge in [0.25, 0.3) is 0 Å². The van der Waals surface area contributed by atoms with Gasteiger partial charge in [0.15, 0.2) is 5.69 Å². The van der Waals surface area contributed by atoms with Crippen molar-refractivity contribution in [3.63, 3.8) is 0 Å². The van der Waals surface area contributed by atoms with Crippen LogP contribution < -0.4 is 5.32 Å². The van der Waals surface area contributed by atoms with Crippen molar-refractivity contribution in [2.24, 2.45) is 0 Å². The molecule has 0 radical (unpaired) electrons. The average molecular weight is 237 g/mol. The van der Waals surface area contributed by atoms with Gasteiger partial charge in [0.05, 0.1) is 11.3 Å². The molecule has 0 amide bonds. The predicted octanol–water partition coefficient (Wildman–Crippen LogP) is 1.48. The monoisotopic (exact) mass is 237 g/mol. The quantitative estimate of drug-likeness (QED) is 0.811. The molecule has 1 heterocycles. The van der Waals surface area contributed by atoms with E-state index in [2.05, 4.69) is 10.3 Å². The molecule has 0 saturated heterocycles. The first-order valence-electron chi connectivity index (χ1n) is 4.89. The number of rotatable bonds is 5. The number of nitriles is 1. The van der Waals surface area contributed by atoms with Crippen LogP contribution >= 0.6 is 11.8 Å². The molecule has 0 spiro atoms. The summed E-state index contributed by atoms with van der Waals surface area (Å²) in [5, 5.41) is 21.8. The molecule has 4 nitrogen and oxygen atoms in total. The molecule has 0 aliphatic heterocycles. The minimum Gasteiger partial charge on any atom is -0.387 e. The van der Waals surface area contributed by atoms with Gasteiger partial charge in [0.1, 0.15) is 6.07 Å². The largest absolute Gasteiger partial charge is 0.387 e. The maximum atomic E-state index is 9.95. The van der Waals surface area contributed by atoms with Crippen LogP contribution in [0.4, 0.5) is 5.69 Å². The second-order valence-electron chi connectivity index (χ2n) is 3.79. The van der Waals surface area contributed by atoms with Crippen LogP contribution in [0.1, 0.15) is 12.6 Å². The van der Waals surface area contributed by atoms with Crippen LogP contribution in [0.25, 0.3) is 0 Å². The van der Waals surface area contributed by atoms with Crippen molar-refractivity contribution in [3.8, 4) is 6.07 Å². The lowest BCUT2D eigenvalue weighted by atomic mass is 10.1. The van der Waals surface area contributed by atoms with Gasteiger partial charge >= 0.3 is 0 Å². The molecule has 16 heavy (non-hydrogen) atoms. The fourth-order valence-corrected chi connectivity index (χ4v) is 2.01. The molecule has 1 rings (SSSR count). The normalized spacial score (nSPS) is 13.9. The second-order valence-corrected chi connectivity index (χ2v) is 4.66. The Kier molecular flexibility index (Phi) is 4.59. The van der Waals surface area contributed by atoms with E-state index in [1.807, 2.05) is 12.3 Å².